The maximum Gasteiger partial charge on any atom is 0.416 e. The number of alkyl halides is 3. The lowest BCUT2D eigenvalue weighted by Crippen LogP contribution is -2.29. The van der Waals surface area contributed by atoms with Gasteiger partial charge in [-0.05, 0) is 84.6 Å². The highest BCUT2D eigenvalue weighted by Gasteiger charge is 2.41. The third-order valence-electron chi connectivity index (χ3n) is 8.31. The lowest BCUT2D eigenvalue weighted by molar-refractivity contribution is -0.138. The fourth-order valence-electron chi connectivity index (χ4n) is 6.10. The summed E-state index contributed by atoms with van der Waals surface area (Å²) in [5, 5.41) is 29.9. The SMILES string of the molecule is Cn1cnnc1-c1cc(C#N)ccc1-c1cc(NCCC#N)nc(N2Cc3c(cc(CN4CCCCC4)cc3C(F)(F)F)C2=O)c1. The van der Waals surface area contributed by atoms with Crippen molar-refractivity contribution in [2.75, 3.05) is 29.9 Å². The molecule has 2 aromatic carbocycles. The van der Waals surface area contributed by atoms with Crippen molar-refractivity contribution >= 4 is 17.5 Å². The number of benzene rings is 2. The number of nitrogens with zero attached hydrogens (tertiary/aromatic N) is 8. The van der Waals surface area contributed by atoms with Crippen molar-refractivity contribution in [3.05, 3.63) is 76.6 Å². The molecule has 6 rings (SSSR count). The van der Waals surface area contributed by atoms with Crippen LogP contribution in [0, 0.1) is 22.7 Å². The Morgan fingerprint density at radius 1 is 1.00 bits per heavy atom. The van der Waals surface area contributed by atoms with Crippen LogP contribution in [0.15, 0.2) is 48.8 Å². The highest BCUT2D eigenvalue weighted by Crippen LogP contribution is 2.41. The zero-order valence-corrected chi connectivity index (χ0v) is 25.1. The first-order valence-corrected chi connectivity index (χ1v) is 15.0. The van der Waals surface area contributed by atoms with Crippen LogP contribution >= 0.6 is 0 Å². The summed E-state index contributed by atoms with van der Waals surface area (Å²) in [6.07, 6.45) is 0.158. The van der Waals surface area contributed by atoms with Gasteiger partial charge in [0.1, 0.15) is 18.0 Å². The van der Waals surface area contributed by atoms with Crippen LogP contribution in [-0.2, 0) is 26.3 Å². The van der Waals surface area contributed by atoms with Gasteiger partial charge < -0.3 is 9.88 Å². The Morgan fingerprint density at radius 3 is 2.50 bits per heavy atom. The van der Waals surface area contributed by atoms with Crippen molar-refractivity contribution in [2.45, 2.75) is 44.9 Å². The van der Waals surface area contributed by atoms with E-state index in [1.165, 1.54) is 17.3 Å². The van der Waals surface area contributed by atoms with E-state index in [2.05, 4.69) is 37.5 Å². The maximum absolute atomic E-state index is 14.4. The summed E-state index contributed by atoms with van der Waals surface area (Å²) >= 11 is 0. The van der Waals surface area contributed by atoms with E-state index in [9.17, 15) is 23.2 Å². The van der Waals surface area contributed by atoms with Crippen LogP contribution in [0.1, 0.15) is 58.3 Å². The molecule has 1 N–H and O–H groups in total. The molecule has 1 amide bonds. The van der Waals surface area contributed by atoms with E-state index in [1.807, 2.05) is 0 Å². The van der Waals surface area contributed by atoms with Crippen molar-refractivity contribution in [1.82, 2.24) is 24.6 Å². The van der Waals surface area contributed by atoms with Crippen LogP contribution < -0.4 is 10.2 Å². The van der Waals surface area contributed by atoms with E-state index in [4.69, 9.17) is 5.26 Å². The number of halogens is 3. The second kappa shape index (κ2) is 12.6. The number of piperidine rings is 1. The van der Waals surface area contributed by atoms with Crippen LogP contribution in [0.5, 0.6) is 0 Å². The molecule has 46 heavy (non-hydrogen) atoms. The average molecular weight is 626 g/mol. The van der Waals surface area contributed by atoms with E-state index < -0.39 is 17.6 Å². The molecule has 10 nitrogen and oxygen atoms in total. The number of hydrogen-bond donors (Lipinski definition) is 1. The minimum atomic E-state index is -4.65. The number of carbonyl (C=O) groups excluding carboxylic acids is 1. The largest absolute Gasteiger partial charge is 0.416 e. The van der Waals surface area contributed by atoms with Crippen LogP contribution in [0.25, 0.3) is 22.5 Å². The van der Waals surface area contributed by atoms with Gasteiger partial charge in [-0.3, -0.25) is 14.6 Å². The first-order valence-electron chi connectivity index (χ1n) is 15.0. The van der Waals surface area contributed by atoms with Gasteiger partial charge in [-0.1, -0.05) is 12.5 Å². The molecular formula is C33H30F3N9O. The molecule has 0 saturated carbocycles. The molecule has 2 aromatic heterocycles. The number of pyridine rings is 1. The van der Waals surface area contributed by atoms with Crippen LogP contribution in [0.4, 0.5) is 24.8 Å². The number of amides is 1. The molecule has 2 aliphatic rings. The molecule has 13 heteroatoms. The van der Waals surface area contributed by atoms with Gasteiger partial charge in [0.15, 0.2) is 5.82 Å². The number of aryl methyl sites for hydroxylation is 1. The molecule has 0 spiro atoms. The fraction of sp³-hybridized carbons (Fsp3) is 0.333. The zero-order valence-electron chi connectivity index (χ0n) is 25.1. The highest BCUT2D eigenvalue weighted by molar-refractivity contribution is 6.10. The summed E-state index contributed by atoms with van der Waals surface area (Å²) < 4.78 is 45.0. The van der Waals surface area contributed by atoms with Gasteiger partial charge in [0.25, 0.3) is 5.91 Å². The van der Waals surface area contributed by atoms with Crippen LogP contribution in [0.2, 0.25) is 0 Å². The summed E-state index contributed by atoms with van der Waals surface area (Å²) in [4.78, 5) is 21.9. The zero-order chi connectivity index (χ0) is 32.4. The van der Waals surface area contributed by atoms with E-state index in [1.54, 1.807) is 48.0 Å². The molecule has 0 unspecified atom stereocenters. The number of likely N-dealkylation sites (tertiary alicyclic amines) is 1. The summed E-state index contributed by atoms with van der Waals surface area (Å²) in [6, 6.07) is 15.4. The number of rotatable bonds is 8. The Morgan fingerprint density at radius 2 is 1.80 bits per heavy atom. The number of hydrogen-bond acceptors (Lipinski definition) is 8. The molecule has 1 fully saturated rings. The smallest absolute Gasteiger partial charge is 0.369 e. The second-order valence-electron chi connectivity index (χ2n) is 11.5. The van der Waals surface area contributed by atoms with E-state index >= 15 is 0 Å². The number of nitrogens with one attached hydrogen (secondary N) is 1. The first kappa shape index (κ1) is 30.7. The van der Waals surface area contributed by atoms with E-state index in [0.29, 0.717) is 46.0 Å². The molecule has 0 bridgehead atoms. The molecule has 0 atom stereocenters. The minimum Gasteiger partial charge on any atom is -0.369 e. The fourth-order valence-corrected chi connectivity index (χ4v) is 6.10. The average Bonchev–Trinajstić information content (AvgIpc) is 3.63. The summed E-state index contributed by atoms with van der Waals surface area (Å²) in [6.45, 7) is 1.92. The monoisotopic (exact) mass is 625 g/mol. The third-order valence-corrected chi connectivity index (χ3v) is 8.31. The van der Waals surface area contributed by atoms with Gasteiger partial charge in [-0.25, -0.2) is 4.98 Å². The summed E-state index contributed by atoms with van der Waals surface area (Å²) in [7, 11) is 1.77. The van der Waals surface area contributed by atoms with Crippen molar-refractivity contribution in [3.8, 4) is 34.7 Å². The topological polar surface area (TPSA) is 127 Å². The van der Waals surface area contributed by atoms with Gasteiger partial charge in [0.2, 0.25) is 0 Å². The van der Waals surface area contributed by atoms with Crippen molar-refractivity contribution in [2.24, 2.45) is 7.05 Å². The predicted molar refractivity (Wildman–Crippen MR) is 164 cm³/mol. The van der Waals surface area contributed by atoms with Gasteiger partial charge in [-0.2, -0.15) is 23.7 Å². The van der Waals surface area contributed by atoms with Crippen molar-refractivity contribution in [3.63, 3.8) is 0 Å². The second-order valence-corrected chi connectivity index (χ2v) is 11.5. The first-order chi connectivity index (χ1) is 22.2. The molecule has 1 saturated heterocycles. The Kier molecular flexibility index (Phi) is 8.43. The highest BCUT2D eigenvalue weighted by atomic mass is 19.4. The molecule has 0 radical (unpaired) electrons. The molecule has 2 aliphatic heterocycles. The lowest BCUT2D eigenvalue weighted by Gasteiger charge is -2.27. The van der Waals surface area contributed by atoms with Crippen LogP contribution in [-0.4, -0.2) is 50.2 Å². The Balaban J connectivity index is 1.44. The lowest BCUT2D eigenvalue weighted by atomic mass is 9.97. The molecule has 4 heterocycles. The normalized spacial score (nSPS) is 15.0. The quantitative estimate of drug-likeness (QED) is 0.240. The third kappa shape index (κ3) is 6.14. The number of fused-ring (bicyclic) bond motifs is 1. The van der Waals surface area contributed by atoms with Crippen molar-refractivity contribution < 1.29 is 18.0 Å². The number of carbonyl (C=O) groups is 1. The maximum atomic E-state index is 14.4. The Hall–Kier alpha value is -5.27. The standard InChI is InChI=1S/C33H30F3N9O/c1-43-20-40-42-31(43)25-12-21(17-38)6-7-24(25)23-15-29(39-9-5-8-37)41-30(16-23)45-19-27-26(32(45)46)13-22(14-28(27)33(34,35)36)18-44-10-3-2-4-11-44/h6-7,12-16,20H,2-5,9-11,18-19H2,1H3,(H,39,41). The van der Waals surface area contributed by atoms with Gasteiger partial charge in [0, 0.05) is 31.3 Å². The molecular weight excluding hydrogens is 595 g/mol. The minimum absolute atomic E-state index is 0.0196. The van der Waals surface area contributed by atoms with E-state index in [-0.39, 0.29) is 36.5 Å². The summed E-state index contributed by atoms with van der Waals surface area (Å²) in [5.74, 6) is 0.408. The summed E-state index contributed by atoms with van der Waals surface area (Å²) in [5.41, 5.74) is 1.80. The van der Waals surface area contributed by atoms with Gasteiger partial charge in [-0.15, -0.1) is 10.2 Å². The number of nitriles is 2. The van der Waals surface area contributed by atoms with Crippen molar-refractivity contribution in [1.29, 1.82) is 10.5 Å². The molecule has 234 valence electrons. The Bertz CT molecular complexity index is 1880. The molecule has 4 aromatic rings. The number of aromatic nitrogens is 4. The van der Waals surface area contributed by atoms with Crippen LogP contribution in [0.3, 0.4) is 0 Å². The van der Waals surface area contributed by atoms with Gasteiger partial charge in [0.05, 0.1) is 36.2 Å². The number of anilines is 2. The van der Waals surface area contributed by atoms with E-state index in [0.717, 1.165) is 32.4 Å². The predicted octanol–water partition coefficient (Wildman–Crippen LogP) is 5.91. The van der Waals surface area contributed by atoms with Gasteiger partial charge >= 0.3 is 6.18 Å². The molecule has 0 aliphatic carbocycles. The Labute approximate surface area is 263 Å².